The first kappa shape index (κ1) is 24.1. The molecule has 0 saturated carbocycles. The normalized spacial score (nSPS) is 18.6. The van der Waals surface area contributed by atoms with Gasteiger partial charge in [0, 0.05) is 29.9 Å². The molecule has 0 unspecified atom stereocenters. The predicted octanol–water partition coefficient (Wildman–Crippen LogP) is 3.81. The number of urea groups is 1. The number of nitrogen functional groups attached to an aromatic ring is 1. The van der Waals surface area contributed by atoms with Crippen LogP contribution in [-0.2, 0) is 19.3 Å². The lowest BCUT2D eigenvalue weighted by Crippen LogP contribution is -2.52. The minimum Gasteiger partial charge on any atom is -0.399 e. The highest BCUT2D eigenvalue weighted by Gasteiger charge is 2.35. The van der Waals surface area contributed by atoms with Crippen LogP contribution in [0.4, 0.5) is 29.5 Å². The Bertz CT molecular complexity index is 1090. The SMILES string of the molecule is Cc1nc2c(c(N[C@H](C)c3cc(N)cc(C(F)(F)F)c3)n1)CN(C(=O)N1CCC(C)(N)CC1)C2. The third-order valence-electron chi connectivity index (χ3n) is 6.50. The van der Waals surface area contributed by atoms with Crippen molar-refractivity contribution in [2.75, 3.05) is 24.1 Å². The first-order chi connectivity index (χ1) is 15.8. The van der Waals surface area contributed by atoms with Crippen LogP contribution in [0.2, 0.25) is 0 Å². The molecular formula is C23H30F3N7O. The van der Waals surface area contributed by atoms with E-state index >= 15 is 0 Å². The van der Waals surface area contributed by atoms with Gasteiger partial charge in [0.1, 0.15) is 11.6 Å². The number of nitrogens with two attached hydrogens (primary N) is 2. The summed E-state index contributed by atoms with van der Waals surface area (Å²) >= 11 is 0. The number of hydrogen-bond acceptors (Lipinski definition) is 6. The molecule has 4 rings (SSSR count). The van der Waals surface area contributed by atoms with Crippen LogP contribution in [0.1, 0.15) is 60.9 Å². The van der Waals surface area contributed by atoms with E-state index in [2.05, 4.69) is 15.3 Å². The molecule has 1 aromatic heterocycles. The number of likely N-dealkylation sites (tertiary alicyclic amines) is 1. The molecule has 2 amide bonds. The van der Waals surface area contributed by atoms with Crippen molar-refractivity contribution in [3.05, 3.63) is 46.4 Å². The lowest BCUT2D eigenvalue weighted by atomic mass is 9.91. The number of piperidine rings is 1. The maximum atomic E-state index is 13.2. The Hall–Kier alpha value is -3.08. The van der Waals surface area contributed by atoms with E-state index in [1.807, 2.05) is 11.8 Å². The molecule has 2 aliphatic heterocycles. The minimum absolute atomic E-state index is 0.0365. The van der Waals surface area contributed by atoms with Gasteiger partial charge in [0.05, 0.1) is 30.4 Å². The number of aryl methyl sites for hydroxylation is 1. The standard InChI is InChI=1S/C23H30F3N7O/c1-13(15-8-16(23(24,25)26)10-17(27)9-15)29-20-18-11-33(12-19(18)30-14(2)31-20)21(34)32-6-4-22(3,28)5-7-32/h8-10,13H,4-7,11-12,27-28H2,1-3H3,(H,29,30,31)/t13-/m1/s1. The third kappa shape index (κ3) is 5.03. The monoisotopic (exact) mass is 477 g/mol. The highest BCUT2D eigenvalue weighted by molar-refractivity contribution is 5.76. The Kier molecular flexibility index (Phi) is 6.09. The van der Waals surface area contributed by atoms with Gasteiger partial charge in [-0.15, -0.1) is 0 Å². The summed E-state index contributed by atoms with van der Waals surface area (Å²) in [6.45, 7) is 7.36. The number of halogens is 3. The molecule has 5 N–H and O–H groups in total. The van der Waals surface area contributed by atoms with Crippen LogP contribution < -0.4 is 16.8 Å². The summed E-state index contributed by atoms with van der Waals surface area (Å²) in [5.74, 6) is 1.03. The van der Waals surface area contributed by atoms with Gasteiger partial charge < -0.3 is 26.6 Å². The second-order valence-corrected chi connectivity index (χ2v) is 9.58. The Morgan fingerprint density at radius 3 is 2.47 bits per heavy atom. The number of rotatable bonds is 3. The second kappa shape index (κ2) is 8.61. The molecule has 34 heavy (non-hydrogen) atoms. The summed E-state index contributed by atoms with van der Waals surface area (Å²) in [4.78, 5) is 25.6. The molecule has 184 valence electrons. The Labute approximate surface area is 196 Å². The lowest BCUT2D eigenvalue weighted by molar-refractivity contribution is -0.137. The summed E-state index contributed by atoms with van der Waals surface area (Å²) in [5.41, 5.74) is 12.8. The molecule has 1 atom stereocenters. The van der Waals surface area contributed by atoms with E-state index < -0.39 is 17.8 Å². The fourth-order valence-electron chi connectivity index (χ4n) is 4.42. The molecular weight excluding hydrogens is 447 g/mol. The van der Waals surface area contributed by atoms with Gasteiger partial charge in [-0.05, 0) is 57.4 Å². The zero-order valence-electron chi connectivity index (χ0n) is 19.5. The van der Waals surface area contributed by atoms with E-state index in [9.17, 15) is 18.0 Å². The zero-order valence-corrected chi connectivity index (χ0v) is 19.5. The lowest BCUT2D eigenvalue weighted by Gasteiger charge is -2.38. The first-order valence-electron chi connectivity index (χ1n) is 11.3. The van der Waals surface area contributed by atoms with Gasteiger partial charge in [-0.2, -0.15) is 13.2 Å². The molecule has 11 heteroatoms. The average Bonchev–Trinajstić information content (AvgIpc) is 3.16. The topological polar surface area (TPSA) is 113 Å². The van der Waals surface area contributed by atoms with Crippen molar-refractivity contribution in [2.24, 2.45) is 5.73 Å². The van der Waals surface area contributed by atoms with Crippen molar-refractivity contribution in [1.82, 2.24) is 19.8 Å². The highest BCUT2D eigenvalue weighted by Crippen LogP contribution is 2.35. The molecule has 1 fully saturated rings. The molecule has 0 aliphatic carbocycles. The molecule has 2 aromatic rings. The first-order valence-corrected chi connectivity index (χ1v) is 11.3. The molecule has 1 aromatic carbocycles. The van der Waals surface area contributed by atoms with Crippen LogP contribution in [0.15, 0.2) is 18.2 Å². The van der Waals surface area contributed by atoms with Crippen molar-refractivity contribution in [3.63, 3.8) is 0 Å². The number of amides is 2. The van der Waals surface area contributed by atoms with E-state index in [-0.39, 0.29) is 17.3 Å². The maximum Gasteiger partial charge on any atom is 0.416 e. The van der Waals surface area contributed by atoms with Crippen LogP contribution in [-0.4, -0.2) is 44.4 Å². The summed E-state index contributed by atoms with van der Waals surface area (Å²) < 4.78 is 39.7. The van der Waals surface area contributed by atoms with Crippen LogP contribution in [0.5, 0.6) is 0 Å². The Morgan fingerprint density at radius 1 is 1.15 bits per heavy atom. The summed E-state index contributed by atoms with van der Waals surface area (Å²) in [6, 6.07) is 2.94. The maximum absolute atomic E-state index is 13.2. The zero-order chi connectivity index (χ0) is 24.8. The molecule has 0 bridgehead atoms. The molecule has 2 aliphatic rings. The van der Waals surface area contributed by atoms with Gasteiger partial charge in [0.2, 0.25) is 0 Å². The average molecular weight is 478 g/mol. The van der Waals surface area contributed by atoms with Crippen LogP contribution in [0.25, 0.3) is 0 Å². The van der Waals surface area contributed by atoms with Crippen molar-refractivity contribution in [1.29, 1.82) is 0 Å². The number of benzene rings is 1. The second-order valence-electron chi connectivity index (χ2n) is 9.58. The molecule has 0 radical (unpaired) electrons. The Balaban J connectivity index is 1.53. The van der Waals surface area contributed by atoms with Crippen molar-refractivity contribution >= 4 is 17.5 Å². The van der Waals surface area contributed by atoms with Gasteiger partial charge in [0.25, 0.3) is 0 Å². The van der Waals surface area contributed by atoms with E-state index in [1.165, 1.54) is 6.07 Å². The Morgan fingerprint density at radius 2 is 1.82 bits per heavy atom. The van der Waals surface area contributed by atoms with Crippen molar-refractivity contribution in [2.45, 2.75) is 64.5 Å². The number of carbonyl (C=O) groups excluding carboxylic acids is 1. The largest absolute Gasteiger partial charge is 0.416 e. The van der Waals surface area contributed by atoms with Crippen molar-refractivity contribution < 1.29 is 18.0 Å². The van der Waals surface area contributed by atoms with E-state index in [4.69, 9.17) is 11.5 Å². The third-order valence-corrected chi connectivity index (χ3v) is 6.50. The highest BCUT2D eigenvalue weighted by atomic mass is 19.4. The summed E-state index contributed by atoms with van der Waals surface area (Å²) in [7, 11) is 0. The number of alkyl halides is 3. The van der Waals surface area contributed by atoms with Crippen LogP contribution >= 0.6 is 0 Å². The number of hydrogen-bond donors (Lipinski definition) is 3. The summed E-state index contributed by atoms with van der Waals surface area (Å²) in [6.07, 6.45) is -3.01. The van der Waals surface area contributed by atoms with Crippen LogP contribution in [0, 0.1) is 6.92 Å². The number of nitrogens with one attached hydrogen (secondary N) is 1. The predicted molar refractivity (Wildman–Crippen MR) is 123 cm³/mol. The number of fused-ring (bicyclic) bond motifs is 1. The number of aromatic nitrogens is 2. The van der Waals surface area contributed by atoms with Gasteiger partial charge in [0.15, 0.2) is 0 Å². The number of anilines is 2. The van der Waals surface area contributed by atoms with Gasteiger partial charge >= 0.3 is 12.2 Å². The fourth-order valence-corrected chi connectivity index (χ4v) is 4.42. The molecule has 3 heterocycles. The van der Waals surface area contributed by atoms with Crippen LogP contribution in [0.3, 0.4) is 0 Å². The van der Waals surface area contributed by atoms with Gasteiger partial charge in [-0.1, -0.05) is 0 Å². The van der Waals surface area contributed by atoms with Gasteiger partial charge in [-0.25, -0.2) is 14.8 Å². The van der Waals surface area contributed by atoms with E-state index in [1.54, 1.807) is 18.7 Å². The summed E-state index contributed by atoms with van der Waals surface area (Å²) in [5, 5.41) is 3.21. The van der Waals surface area contributed by atoms with E-state index in [0.29, 0.717) is 43.4 Å². The number of carbonyl (C=O) groups is 1. The number of nitrogens with zero attached hydrogens (tertiary/aromatic N) is 4. The van der Waals surface area contributed by atoms with Crippen molar-refractivity contribution in [3.8, 4) is 0 Å². The molecule has 1 saturated heterocycles. The van der Waals surface area contributed by atoms with E-state index in [0.717, 1.165) is 36.2 Å². The molecule has 0 spiro atoms. The smallest absolute Gasteiger partial charge is 0.399 e. The quantitative estimate of drug-likeness (QED) is 0.580. The molecule has 8 nitrogen and oxygen atoms in total. The minimum atomic E-state index is -4.49. The fraction of sp³-hybridized carbons (Fsp3) is 0.522. The van der Waals surface area contributed by atoms with Gasteiger partial charge in [-0.3, -0.25) is 0 Å².